The molecule has 0 fully saturated rings. The average molecular weight is 254 g/mol. The topological polar surface area (TPSA) is 103 Å². The van der Waals surface area contributed by atoms with Crippen LogP contribution in [0.1, 0.15) is 19.8 Å². The molecule has 0 saturated heterocycles. The predicted molar refractivity (Wildman–Crippen MR) is 69.5 cm³/mol. The van der Waals surface area contributed by atoms with E-state index in [4.69, 9.17) is 10.5 Å². The predicted octanol–water partition coefficient (Wildman–Crippen LogP) is 1.80. The van der Waals surface area contributed by atoms with Crippen LogP contribution in [0.4, 0.5) is 17.3 Å². The minimum Gasteiger partial charge on any atom is -0.383 e. The van der Waals surface area contributed by atoms with Gasteiger partial charge in [-0.1, -0.05) is 13.3 Å². The van der Waals surface area contributed by atoms with Crippen molar-refractivity contribution in [1.82, 2.24) is 4.98 Å². The Morgan fingerprint density at radius 2 is 2.28 bits per heavy atom. The van der Waals surface area contributed by atoms with Gasteiger partial charge in [0.05, 0.1) is 23.7 Å². The Labute approximate surface area is 105 Å². The molecular weight excluding hydrogens is 236 g/mol. The highest BCUT2D eigenvalue weighted by atomic mass is 16.6. The second-order valence-electron chi connectivity index (χ2n) is 3.79. The van der Waals surface area contributed by atoms with Crippen LogP contribution in [-0.2, 0) is 4.74 Å². The molecule has 0 aliphatic heterocycles. The second-order valence-corrected chi connectivity index (χ2v) is 3.79. The first-order chi connectivity index (χ1) is 8.63. The van der Waals surface area contributed by atoms with Crippen LogP contribution in [0.5, 0.6) is 0 Å². The minimum atomic E-state index is -0.499. The SMILES string of the molecule is CCCCOCCNc1cc([N+](=O)[O-])cc(N)n1. The van der Waals surface area contributed by atoms with Gasteiger partial charge in [0, 0.05) is 13.2 Å². The van der Waals surface area contributed by atoms with E-state index in [0.29, 0.717) is 19.0 Å². The summed E-state index contributed by atoms with van der Waals surface area (Å²) in [6.07, 6.45) is 2.12. The van der Waals surface area contributed by atoms with E-state index < -0.39 is 4.92 Å². The second kappa shape index (κ2) is 7.44. The van der Waals surface area contributed by atoms with Crippen LogP contribution in [0.25, 0.3) is 0 Å². The van der Waals surface area contributed by atoms with Crippen molar-refractivity contribution < 1.29 is 9.66 Å². The first kappa shape index (κ1) is 14.2. The summed E-state index contributed by atoms with van der Waals surface area (Å²) in [5.41, 5.74) is 5.41. The van der Waals surface area contributed by atoms with Crippen molar-refractivity contribution in [3.05, 3.63) is 22.2 Å². The molecule has 0 bridgehead atoms. The number of nitrogen functional groups attached to an aromatic ring is 1. The van der Waals surface area contributed by atoms with Crippen molar-refractivity contribution in [2.75, 3.05) is 30.8 Å². The molecule has 1 aromatic heterocycles. The molecule has 0 aliphatic carbocycles. The molecule has 0 saturated carbocycles. The fourth-order valence-corrected chi connectivity index (χ4v) is 1.33. The van der Waals surface area contributed by atoms with E-state index in [0.717, 1.165) is 19.4 Å². The first-order valence-electron chi connectivity index (χ1n) is 5.87. The van der Waals surface area contributed by atoms with Gasteiger partial charge < -0.3 is 15.8 Å². The van der Waals surface area contributed by atoms with Gasteiger partial charge in [-0.3, -0.25) is 10.1 Å². The molecule has 0 radical (unpaired) electrons. The number of pyridine rings is 1. The third-order valence-electron chi connectivity index (χ3n) is 2.24. The van der Waals surface area contributed by atoms with Crippen LogP contribution in [0, 0.1) is 10.1 Å². The smallest absolute Gasteiger partial charge is 0.276 e. The maximum Gasteiger partial charge on any atom is 0.276 e. The van der Waals surface area contributed by atoms with Gasteiger partial charge in [0.15, 0.2) is 0 Å². The lowest BCUT2D eigenvalue weighted by molar-refractivity contribution is -0.384. The number of nitrogens with two attached hydrogens (primary N) is 1. The lowest BCUT2D eigenvalue weighted by Crippen LogP contribution is -2.11. The Morgan fingerprint density at radius 3 is 2.94 bits per heavy atom. The Morgan fingerprint density at radius 1 is 1.50 bits per heavy atom. The van der Waals surface area contributed by atoms with Gasteiger partial charge in [0.25, 0.3) is 5.69 Å². The van der Waals surface area contributed by atoms with Crippen molar-refractivity contribution in [3.8, 4) is 0 Å². The molecule has 0 unspecified atom stereocenters. The molecule has 0 atom stereocenters. The van der Waals surface area contributed by atoms with Gasteiger partial charge in [0.1, 0.15) is 11.6 Å². The Balaban J connectivity index is 2.40. The van der Waals surface area contributed by atoms with Crippen LogP contribution < -0.4 is 11.1 Å². The summed E-state index contributed by atoms with van der Waals surface area (Å²) >= 11 is 0. The van der Waals surface area contributed by atoms with Crippen molar-refractivity contribution in [3.63, 3.8) is 0 Å². The highest BCUT2D eigenvalue weighted by Gasteiger charge is 2.09. The highest BCUT2D eigenvalue weighted by molar-refractivity contribution is 5.52. The van der Waals surface area contributed by atoms with Gasteiger partial charge in [-0.25, -0.2) is 4.98 Å². The fraction of sp³-hybridized carbons (Fsp3) is 0.545. The summed E-state index contributed by atoms with van der Waals surface area (Å²) in [5.74, 6) is 0.513. The number of nitrogens with one attached hydrogen (secondary N) is 1. The lowest BCUT2D eigenvalue weighted by Gasteiger charge is -2.07. The molecule has 100 valence electrons. The van der Waals surface area contributed by atoms with Gasteiger partial charge in [0.2, 0.25) is 0 Å². The number of hydrogen-bond acceptors (Lipinski definition) is 6. The Bertz CT molecular complexity index is 398. The first-order valence-corrected chi connectivity index (χ1v) is 5.87. The summed E-state index contributed by atoms with van der Waals surface area (Å²) in [5, 5.41) is 13.6. The summed E-state index contributed by atoms with van der Waals surface area (Å²) in [4.78, 5) is 14.1. The third kappa shape index (κ3) is 4.96. The normalized spacial score (nSPS) is 10.3. The van der Waals surface area contributed by atoms with Crippen LogP contribution >= 0.6 is 0 Å². The van der Waals surface area contributed by atoms with Gasteiger partial charge in [-0.05, 0) is 6.42 Å². The van der Waals surface area contributed by atoms with Crippen LogP contribution in [0.3, 0.4) is 0 Å². The molecule has 1 heterocycles. The van der Waals surface area contributed by atoms with Crippen molar-refractivity contribution in [1.29, 1.82) is 0 Å². The lowest BCUT2D eigenvalue weighted by atomic mass is 10.3. The molecule has 0 amide bonds. The third-order valence-corrected chi connectivity index (χ3v) is 2.24. The number of unbranched alkanes of at least 4 members (excludes halogenated alkanes) is 1. The molecule has 0 aliphatic rings. The maximum atomic E-state index is 10.6. The van der Waals surface area contributed by atoms with E-state index in [-0.39, 0.29) is 11.5 Å². The number of nitro groups is 1. The van der Waals surface area contributed by atoms with E-state index in [1.807, 2.05) is 0 Å². The van der Waals surface area contributed by atoms with Crippen molar-refractivity contribution >= 4 is 17.3 Å². The van der Waals surface area contributed by atoms with Crippen LogP contribution in [0.2, 0.25) is 0 Å². The van der Waals surface area contributed by atoms with Crippen LogP contribution in [0.15, 0.2) is 12.1 Å². The van der Waals surface area contributed by atoms with E-state index in [1.165, 1.54) is 12.1 Å². The highest BCUT2D eigenvalue weighted by Crippen LogP contribution is 2.18. The molecule has 0 aromatic carbocycles. The van der Waals surface area contributed by atoms with E-state index in [1.54, 1.807) is 0 Å². The van der Waals surface area contributed by atoms with Gasteiger partial charge in [-0.2, -0.15) is 0 Å². The van der Waals surface area contributed by atoms with E-state index in [9.17, 15) is 10.1 Å². The summed E-state index contributed by atoms with van der Waals surface area (Å²) < 4.78 is 5.35. The molecule has 7 heteroatoms. The zero-order valence-electron chi connectivity index (χ0n) is 10.4. The number of aromatic nitrogens is 1. The molecule has 1 rings (SSSR count). The molecule has 7 nitrogen and oxygen atoms in total. The van der Waals surface area contributed by atoms with Gasteiger partial charge in [-0.15, -0.1) is 0 Å². The van der Waals surface area contributed by atoms with E-state index >= 15 is 0 Å². The maximum absolute atomic E-state index is 10.6. The zero-order chi connectivity index (χ0) is 13.4. The number of ether oxygens (including phenoxy) is 1. The summed E-state index contributed by atoms with van der Waals surface area (Å²) in [7, 11) is 0. The quantitative estimate of drug-likeness (QED) is 0.416. The molecule has 1 aromatic rings. The number of rotatable bonds is 8. The minimum absolute atomic E-state index is 0.0723. The number of hydrogen-bond donors (Lipinski definition) is 2. The Kier molecular flexibility index (Phi) is 5.86. The Hall–Kier alpha value is -1.89. The van der Waals surface area contributed by atoms with Gasteiger partial charge >= 0.3 is 0 Å². The fourth-order valence-electron chi connectivity index (χ4n) is 1.33. The zero-order valence-corrected chi connectivity index (χ0v) is 10.4. The van der Waals surface area contributed by atoms with Crippen LogP contribution in [-0.4, -0.2) is 29.7 Å². The molecular formula is C11H18N4O3. The summed E-state index contributed by atoms with van der Waals surface area (Å²) in [6.45, 7) is 3.89. The largest absolute Gasteiger partial charge is 0.383 e. The summed E-state index contributed by atoms with van der Waals surface area (Å²) in [6, 6.07) is 2.57. The van der Waals surface area contributed by atoms with E-state index in [2.05, 4.69) is 17.2 Å². The monoisotopic (exact) mass is 254 g/mol. The van der Waals surface area contributed by atoms with Crippen molar-refractivity contribution in [2.24, 2.45) is 0 Å². The average Bonchev–Trinajstić information content (AvgIpc) is 2.33. The van der Waals surface area contributed by atoms with Crippen molar-refractivity contribution in [2.45, 2.75) is 19.8 Å². The number of anilines is 2. The standard InChI is InChI=1S/C11H18N4O3/c1-2-3-5-18-6-4-13-11-8-9(15(16)17)7-10(12)14-11/h7-8H,2-6H2,1H3,(H3,12,13,14). The molecule has 0 spiro atoms. The molecule has 18 heavy (non-hydrogen) atoms. The number of nitrogens with zero attached hydrogens (tertiary/aromatic N) is 2. The molecule has 3 N–H and O–H groups in total.